The van der Waals surface area contributed by atoms with Crippen LogP contribution in [0.3, 0.4) is 0 Å². The van der Waals surface area contributed by atoms with Gasteiger partial charge in [0.15, 0.2) is 0 Å². The SMILES string of the molecule is CCc1nn(C)cc1NC(=O)C(C)(N)C1CC1. The Labute approximate surface area is 101 Å². The van der Waals surface area contributed by atoms with Crippen molar-refractivity contribution in [2.45, 2.75) is 38.6 Å². The van der Waals surface area contributed by atoms with E-state index in [0.29, 0.717) is 5.92 Å². The van der Waals surface area contributed by atoms with Crippen molar-refractivity contribution >= 4 is 11.6 Å². The summed E-state index contributed by atoms with van der Waals surface area (Å²) in [6.45, 7) is 3.82. The van der Waals surface area contributed by atoms with Crippen molar-refractivity contribution in [2.75, 3.05) is 5.32 Å². The predicted molar refractivity (Wildman–Crippen MR) is 66.5 cm³/mol. The van der Waals surface area contributed by atoms with Crippen molar-refractivity contribution in [3.05, 3.63) is 11.9 Å². The summed E-state index contributed by atoms with van der Waals surface area (Å²) >= 11 is 0. The number of nitrogens with zero attached hydrogens (tertiary/aromatic N) is 2. The largest absolute Gasteiger partial charge is 0.322 e. The quantitative estimate of drug-likeness (QED) is 0.820. The van der Waals surface area contributed by atoms with E-state index < -0.39 is 5.54 Å². The average molecular weight is 236 g/mol. The van der Waals surface area contributed by atoms with Crippen LogP contribution >= 0.6 is 0 Å². The Kier molecular flexibility index (Phi) is 2.95. The number of hydrogen-bond donors (Lipinski definition) is 2. The maximum atomic E-state index is 12.1. The van der Waals surface area contributed by atoms with Gasteiger partial charge in [0.1, 0.15) is 0 Å². The lowest BCUT2D eigenvalue weighted by molar-refractivity contribution is -0.121. The first-order chi connectivity index (χ1) is 7.95. The molecule has 1 aliphatic carbocycles. The summed E-state index contributed by atoms with van der Waals surface area (Å²) in [7, 11) is 1.84. The van der Waals surface area contributed by atoms with E-state index in [1.807, 2.05) is 27.1 Å². The van der Waals surface area contributed by atoms with E-state index >= 15 is 0 Å². The summed E-state index contributed by atoms with van der Waals surface area (Å²) in [4.78, 5) is 12.1. The highest BCUT2D eigenvalue weighted by atomic mass is 16.2. The van der Waals surface area contributed by atoms with Crippen LogP contribution in [0.25, 0.3) is 0 Å². The summed E-state index contributed by atoms with van der Waals surface area (Å²) in [5.74, 6) is 0.215. The fraction of sp³-hybridized carbons (Fsp3) is 0.667. The van der Waals surface area contributed by atoms with Crippen molar-refractivity contribution in [1.82, 2.24) is 9.78 Å². The van der Waals surface area contributed by atoms with Gasteiger partial charge in [-0.2, -0.15) is 5.10 Å². The van der Waals surface area contributed by atoms with E-state index in [1.54, 1.807) is 4.68 Å². The Bertz CT molecular complexity index is 432. The average Bonchev–Trinajstić information content (AvgIpc) is 3.04. The van der Waals surface area contributed by atoms with Crippen molar-refractivity contribution in [3.63, 3.8) is 0 Å². The van der Waals surface area contributed by atoms with E-state index in [4.69, 9.17) is 5.73 Å². The van der Waals surface area contributed by atoms with Gasteiger partial charge in [-0.15, -0.1) is 0 Å². The Morgan fingerprint density at radius 2 is 2.35 bits per heavy atom. The summed E-state index contributed by atoms with van der Waals surface area (Å²) in [6, 6.07) is 0. The zero-order chi connectivity index (χ0) is 12.6. The van der Waals surface area contributed by atoms with Gasteiger partial charge in [-0.25, -0.2) is 0 Å². The van der Waals surface area contributed by atoms with E-state index in [-0.39, 0.29) is 5.91 Å². The maximum absolute atomic E-state index is 12.1. The second-order valence-corrected chi connectivity index (χ2v) is 5.03. The summed E-state index contributed by atoms with van der Waals surface area (Å²) in [6.07, 6.45) is 4.71. The van der Waals surface area contributed by atoms with Gasteiger partial charge in [0.2, 0.25) is 5.91 Å². The zero-order valence-corrected chi connectivity index (χ0v) is 10.7. The van der Waals surface area contributed by atoms with Crippen LogP contribution in [-0.2, 0) is 18.3 Å². The molecule has 17 heavy (non-hydrogen) atoms. The molecular formula is C12H20N4O. The molecule has 2 rings (SSSR count). The minimum Gasteiger partial charge on any atom is -0.322 e. The van der Waals surface area contributed by atoms with Crippen molar-refractivity contribution in [3.8, 4) is 0 Å². The van der Waals surface area contributed by atoms with E-state index in [1.165, 1.54) is 0 Å². The van der Waals surface area contributed by atoms with Gasteiger partial charge in [0.05, 0.1) is 16.9 Å². The lowest BCUT2D eigenvalue weighted by Crippen LogP contribution is -2.50. The highest BCUT2D eigenvalue weighted by Crippen LogP contribution is 2.38. The Balaban J connectivity index is 2.12. The zero-order valence-electron chi connectivity index (χ0n) is 10.7. The molecule has 1 atom stereocenters. The molecule has 1 amide bonds. The highest BCUT2D eigenvalue weighted by Gasteiger charge is 2.44. The summed E-state index contributed by atoms with van der Waals surface area (Å²) in [5, 5.41) is 7.18. The first-order valence-corrected chi connectivity index (χ1v) is 6.08. The normalized spacial score (nSPS) is 18.8. The van der Waals surface area contributed by atoms with Gasteiger partial charge in [-0.1, -0.05) is 6.92 Å². The number of carbonyl (C=O) groups is 1. The highest BCUT2D eigenvalue weighted by molar-refractivity contribution is 5.98. The molecule has 1 heterocycles. The molecule has 1 aromatic rings. The third-order valence-corrected chi connectivity index (χ3v) is 3.40. The van der Waals surface area contributed by atoms with E-state index in [2.05, 4.69) is 10.4 Å². The molecule has 3 N–H and O–H groups in total. The van der Waals surface area contributed by atoms with E-state index in [0.717, 1.165) is 30.6 Å². The molecule has 1 fully saturated rings. The van der Waals surface area contributed by atoms with Crippen LogP contribution < -0.4 is 11.1 Å². The Morgan fingerprint density at radius 3 is 2.88 bits per heavy atom. The number of aryl methyl sites for hydroxylation is 2. The van der Waals surface area contributed by atoms with Crippen molar-refractivity contribution in [2.24, 2.45) is 18.7 Å². The molecule has 1 aromatic heterocycles. The second kappa shape index (κ2) is 4.14. The molecule has 0 spiro atoms. The topological polar surface area (TPSA) is 72.9 Å². The molecule has 0 radical (unpaired) electrons. The van der Waals surface area contributed by atoms with Crippen LogP contribution in [0.5, 0.6) is 0 Å². The maximum Gasteiger partial charge on any atom is 0.244 e. The number of nitrogens with one attached hydrogen (secondary N) is 1. The fourth-order valence-electron chi connectivity index (χ4n) is 2.03. The number of amides is 1. The van der Waals surface area contributed by atoms with Crippen molar-refractivity contribution < 1.29 is 4.79 Å². The first-order valence-electron chi connectivity index (χ1n) is 6.08. The van der Waals surface area contributed by atoms with Crippen LogP contribution in [-0.4, -0.2) is 21.2 Å². The molecular weight excluding hydrogens is 216 g/mol. The number of anilines is 1. The van der Waals surface area contributed by atoms with Crippen LogP contribution in [0.15, 0.2) is 6.20 Å². The number of nitrogens with two attached hydrogens (primary N) is 1. The van der Waals surface area contributed by atoms with Crippen LogP contribution in [0.1, 0.15) is 32.4 Å². The van der Waals surface area contributed by atoms with Crippen LogP contribution in [0.4, 0.5) is 5.69 Å². The van der Waals surface area contributed by atoms with Crippen LogP contribution in [0.2, 0.25) is 0 Å². The monoisotopic (exact) mass is 236 g/mol. The number of hydrogen-bond acceptors (Lipinski definition) is 3. The summed E-state index contributed by atoms with van der Waals surface area (Å²) < 4.78 is 1.71. The fourth-order valence-corrected chi connectivity index (χ4v) is 2.03. The molecule has 5 nitrogen and oxygen atoms in total. The standard InChI is InChI=1S/C12H20N4O/c1-4-9-10(7-16(3)15-9)14-11(17)12(2,13)8-5-6-8/h7-8H,4-6,13H2,1-3H3,(H,14,17). The van der Waals surface area contributed by atoms with Gasteiger partial charge in [-0.3, -0.25) is 9.48 Å². The van der Waals surface area contributed by atoms with Gasteiger partial charge < -0.3 is 11.1 Å². The minimum absolute atomic E-state index is 0.109. The molecule has 0 saturated heterocycles. The lowest BCUT2D eigenvalue weighted by Gasteiger charge is -2.22. The second-order valence-electron chi connectivity index (χ2n) is 5.03. The number of aromatic nitrogens is 2. The van der Waals surface area contributed by atoms with Gasteiger partial charge in [0.25, 0.3) is 0 Å². The molecule has 0 aromatic carbocycles. The van der Waals surface area contributed by atoms with E-state index in [9.17, 15) is 4.79 Å². The predicted octanol–water partition coefficient (Wildman–Crippen LogP) is 1.05. The smallest absolute Gasteiger partial charge is 0.244 e. The first kappa shape index (κ1) is 12.1. The van der Waals surface area contributed by atoms with Gasteiger partial charge in [-0.05, 0) is 32.1 Å². The molecule has 5 heteroatoms. The molecule has 1 aliphatic rings. The molecule has 1 saturated carbocycles. The molecule has 0 aliphatic heterocycles. The van der Waals surface area contributed by atoms with Gasteiger partial charge in [0, 0.05) is 13.2 Å². The summed E-state index contributed by atoms with van der Waals surface area (Å²) in [5.41, 5.74) is 6.98. The Morgan fingerprint density at radius 1 is 1.71 bits per heavy atom. The molecule has 0 bridgehead atoms. The molecule has 94 valence electrons. The van der Waals surface area contributed by atoms with Crippen LogP contribution in [0, 0.1) is 5.92 Å². The lowest BCUT2D eigenvalue weighted by atomic mass is 9.96. The molecule has 1 unspecified atom stereocenters. The Hall–Kier alpha value is -1.36. The third kappa shape index (κ3) is 2.34. The number of rotatable bonds is 4. The van der Waals surface area contributed by atoms with Gasteiger partial charge >= 0.3 is 0 Å². The van der Waals surface area contributed by atoms with Crippen molar-refractivity contribution in [1.29, 1.82) is 0 Å². The third-order valence-electron chi connectivity index (χ3n) is 3.40. The number of carbonyl (C=O) groups excluding carboxylic acids is 1. The minimum atomic E-state index is -0.763.